The molecule has 6 rings (SSSR count). The van der Waals surface area contributed by atoms with Gasteiger partial charge in [-0.1, -0.05) is 72.8 Å². The molecular weight excluding hydrogens is 384 g/mol. The maximum absolute atomic E-state index is 13.7. The van der Waals surface area contributed by atoms with Gasteiger partial charge in [-0.15, -0.1) is 0 Å². The molecule has 4 heteroatoms. The molecule has 0 bridgehead atoms. The lowest BCUT2D eigenvalue weighted by molar-refractivity contribution is 0.0977. The molecule has 2 heterocycles. The number of benzene rings is 3. The molecule has 4 nitrogen and oxygen atoms in total. The minimum Gasteiger partial charge on any atom is -0.351 e. The van der Waals surface area contributed by atoms with Gasteiger partial charge in [-0.3, -0.25) is 9.59 Å². The van der Waals surface area contributed by atoms with Crippen molar-refractivity contribution < 1.29 is 9.59 Å². The molecule has 0 unspecified atom stereocenters. The maximum Gasteiger partial charge on any atom is 0.210 e. The van der Waals surface area contributed by atoms with Gasteiger partial charge in [0, 0.05) is 46.4 Å². The van der Waals surface area contributed by atoms with Crippen molar-refractivity contribution in [2.75, 3.05) is 0 Å². The van der Waals surface area contributed by atoms with E-state index in [0.717, 1.165) is 33.3 Å². The Kier molecular flexibility index (Phi) is 3.65. The van der Waals surface area contributed by atoms with Crippen molar-refractivity contribution in [3.8, 4) is 22.4 Å². The summed E-state index contributed by atoms with van der Waals surface area (Å²) in [5, 5.41) is 1.04. The first-order valence-electron chi connectivity index (χ1n) is 10.2. The standard InChI is InChI=1S/C27H18N2O2/c1-29-15-20(17-11-7-8-14-21(17)29)22-23-25(28-24(22)16-9-3-2-4-10-16)27(31)19-13-6-5-12-18(19)26(23)30/h2-15,28H,1H3. The van der Waals surface area contributed by atoms with Crippen LogP contribution in [0.1, 0.15) is 32.0 Å². The van der Waals surface area contributed by atoms with E-state index in [0.29, 0.717) is 22.4 Å². The van der Waals surface area contributed by atoms with Gasteiger partial charge < -0.3 is 9.55 Å². The molecule has 0 radical (unpaired) electrons. The minimum atomic E-state index is -0.145. The zero-order chi connectivity index (χ0) is 21.1. The van der Waals surface area contributed by atoms with Crippen molar-refractivity contribution >= 4 is 22.5 Å². The van der Waals surface area contributed by atoms with E-state index in [4.69, 9.17) is 0 Å². The van der Waals surface area contributed by atoms with E-state index in [2.05, 4.69) is 21.7 Å². The van der Waals surface area contributed by atoms with E-state index >= 15 is 0 Å². The fraction of sp³-hybridized carbons (Fsp3) is 0.0370. The van der Waals surface area contributed by atoms with Crippen LogP contribution in [0.25, 0.3) is 33.3 Å². The first-order chi connectivity index (χ1) is 15.1. The Bertz CT molecular complexity index is 1520. The predicted octanol–water partition coefficient (Wildman–Crippen LogP) is 5.62. The molecule has 0 aliphatic heterocycles. The third-order valence-electron chi connectivity index (χ3n) is 6.10. The molecule has 0 atom stereocenters. The van der Waals surface area contributed by atoms with Gasteiger partial charge in [-0.05, 0) is 11.6 Å². The van der Waals surface area contributed by atoms with Gasteiger partial charge in [-0.2, -0.15) is 0 Å². The number of aromatic amines is 1. The Balaban J connectivity index is 1.74. The molecule has 0 fully saturated rings. The number of carbonyl (C=O) groups excluding carboxylic acids is 2. The minimum absolute atomic E-state index is 0.119. The SMILES string of the molecule is Cn1cc(-c2c(-c3ccccc3)[nH]c3c2C(=O)c2ccccc2C3=O)c2ccccc21. The van der Waals surface area contributed by atoms with Gasteiger partial charge in [0.05, 0.1) is 17.0 Å². The molecule has 1 aliphatic rings. The summed E-state index contributed by atoms with van der Waals surface area (Å²) in [7, 11) is 2.00. The van der Waals surface area contributed by atoms with Crippen molar-refractivity contribution in [1.29, 1.82) is 0 Å². The number of fused-ring (bicyclic) bond motifs is 3. The number of aromatic nitrogens is 2. The highest BCUT2D eigenvalue weighted by Gasteiger charge is 2.36. The molecule has 31 heavy (non-hydrogen) atoms. The summed E-state index contributed by atoms with van der Waals surface area (Å²) in [5.74, 6) is -0.263. The zero-order valence-corrected chi connectivity index (χ0v) is 16.8. The molecular formula is C27H18N2O2. The molecule has 0 spiro atoms. The lowest BCUT2D eigenvalue weighted by Crippen LogP contribution is -2.20. The topological polar surface area (TPSA) is 54.9 Å². The van der Waals surface area contributed by atoms with Crippen LogP contribution in [-0.4, -0.2) is 21.1 Å². The Hall–Kier alpha value is -4.18. The lowest BCUT2D eigenvalue weighted by Gasteiger charge is -2.15. The summed E-state index contributed by atoms with van der Waals surface area (Å²) in [6.45, 7) is 0. The van der Waals surface area contributed by atoms with E-state index in [-0.39, 0.29) is 11.6 Å². The molecule has 2 aromatic heterocycles. The van der Waals surface area contributed by atoms with Gasteiger partial charge in [0.2, 0.25) is 5.78 Å². The van der Waals surface area contributed by atoms with Crippen LogP contribution in [0.3, 0.4) is 0 Å². The Labute approximate surface area is 178 Å². The fourth-order valence-corrected chi connectivity index (χ4v) is 4.68. The second-order valence-corrected chi connectivity index (χ2v) is 7.87. The molecule has 1 aliphatic carbocycles. The Morgan fingerprint density at radius 2 is 1.29 bits per heavy atom. The average molecular weight is 402 g/mol. The normalized spacial score (nSPS) is 12.8. The van der Waals surface area contributed by atoms with E-state index in [9.17, 15) is 9.59 Å². The van der Waals surface area contributed by atoms with Crippen molar-refractivity contribution in [1.82, 2.24) is 9.55 Å². The number of nitrogens with zero attached hydrogens (tertiary/aromatic N) is 1. The summed E-state index contributed by atoms with van der Waals surface area (Å²) in [4.78, 5) is 30.4. The highest BCUT2D eigenvalue weighted by molar-refractivity contribution is 6.31. The first-order valence-corrected chi connectivity index (χ1v) is 10.2. The van der Waals surface area contributed by atoms with Crippen molar-refractivity contribution in [3.05, 3.63) is 107 Å². The second-order valence-electron chi connectivity index (χ2n) is 7.87. The van der Waals surface area contributed by atoms with E-state index < -0.39 is 0 Å². The molecule has 0 saturated carbocycles. The third kappa shape index (κ3) is 2.42. The van der Waals surface area contributed by atoms with Crippen LogP contribution in [0.2, 0.25) is 0 Å². The number of nitrogens with one attached hydrogen (secondary N) is 1. The van der Waals surface area contributed by atoms with Gasteiger partial charge in [-0.25, -0.2) is 0 Å². The number of para-hydroxylation sites is 1. The van der Waals surface area contributed by atoms with Crippen LogP contribution in [0, 0.1) is 0 Å². The number of hydrogen-bond donors (Lipinski definition) is 1. The van der Waals surface area contributed by atoms with Crippen LogP contribution in [0.15, 0.2) is 85.1 Å². The van der Waals surface area contributed by atoms with Crippen LogP contribution in [-0.2, 0) is 7.05 Å². The zero-order valence-electron chi connectivity index (χ0n) is 16.8. The van der Waals surface area contributed by atoms with Crippen molar-refractivity contribution in [3.63, 3.8) is 0 Å². The summed E-state index contributed by atoms with van der Waals surface area (Å²) in [6.07, 6.45) is 2.04. The summed E-state index contributed by atoms with van der Waals surface area (Å²) >= 11 is 0. The Morgan fingerprint density at radius 1 is 0.645 bits per heavy atom. The fourth-order valence-electron chi connectivity index (χ4n) is 4.68. The molecule has 0 amide bonds. The molecule has 1 N–H and O–H groups in total. The van der Waals surface area contributed by atoms with Gasteiger partial charge in [0.1, 0.15) is 0 Å². The first kappa shape index (κ1) is 17.7. The second kappa shape index (κ2) is 6.41. The van der Waals surface area contributed by atoms with Gasteiger partial charge >= 0.3 is 0 Å². The molecule has 0 saturated heterocycles. The number of rotatable bonds is 2. The smallest absolute Gasteiger partial charge is 0.210 e. The highest BCUT2D eigenvalue weighted by Crippen LogP contribution is 2.43. The molecule has 5 aromatic rings. The molecule has 3 aromatic carbocycles. The van der Waals surface area contributed by atoms with Crippen LogP contribution >= 0.6 is 0 Å². The molecule has 148 valence electrons. The van der Waals surface area contributed by atoms with Crippen molar-refractivity contribution in [2.45, 2.75) is 0 Å². The number of aryl methyl sites for hydroxylation is 1. The number of H-pyrrole nitrogens is 1. The number of hydrogen-bond acceptors (Lipinski definition) is 2. The van der Waals surface area contributed by atoms with Gasteiger partial charge in [0.15, 0.2) is 5.78 Å². The average Bonchev–Trinajstić information content (AvgIpc) is 3.37. The Morgan fingerprint density at radius 3 is 2.06 bits per heavy atom. The maximum atomic E-state index is 13.7. The summed E-state index contributed by atoms with van der Waals surface area (Å²) in [5.41, 5.74) is 6.25. The van der Waals surface area contributed by atoms with E-state index in [1.165, 1.54) is 0 Å². The summed E-state index contributed by atoms with van der Waals surface area (Å²) in [6, 6.07) is 25.0. The lowest BCUT2D eigenvalue weighted by atomic mass is 9.84. The van der Waals surface area contributed by atoms with E-state index in [1.54, 1.807) is 24.3 Å². The van der Waals surface area contributed by atoms with Crippen LogP contribution in [0.4, 0.5) is 0 Å². The highest BCUT2D eigenvalue weighted by atomic mass is 16.1. The van der Waals surface area contributed by atoms with Crippen molar-refractivity contribution in [2.24, 2.45) is 7.05 Å². The largest absolute Gasteiger partial charge is 0.351 e. The summed E-state index contributed by atoms with van der Waals surface area (Å²) < 4.78 is 2.06. The van der Waals surface area contributed by atoms with E-state index in [1.807, 2.05) is 55.7 Å². The monoisotopic (exact) mass is 402 g/mol. The number of carbonyl (C=O) groups is 2. The number of ketones is 2. The third-order valence-corrected chi connectivity index (χ3v) is 6.10. The van der Waals surface area contributed by atoms with Crippen LogP contribution < -0.4 is 0 Å². The van der Waals surface area contributed by atoms with Crippen LogP contribution in [0.5, 0.6) is 0 Å². The van der Waals surface area contributed by atoms with Gasteiger partial charge in [0.25, 0.3) is 0 Å². The quantitative estimate of drug-likeness (QED) is 0.409. The predicted molar refractivity (Wildman–Crippen MR) is 121 cm³/mol.